The van der Waals surface area contributed by atoms with Crippen LogP contribution in [0.2, 0.25) is 0 Å². The van der Waals surface area contributed by atoms with Gasteiger partial charge in [-0.2, -0.15) is 0 Å². The van der Waals surface area contributed by atoms with Gasteiger partial charge in [-0.15, -0.1) is 13.2 Å². The molecule has 292 valence electrons. The molecular formula is C42H54BrN3O8. The smallest absolute Gasteiger partial charge is 0.313 e. The van der Waals surface area contributed by atoms with Gasteiger partial charge >= 0.3 is 5.97 Å². The molecule has 2 aromatic carbocycles. The van der Waals surface area contributed by atoms with Crippen LogP contribution >= 0.6 is 15.9 Å². The Morgan fingerprint density at radius 2 is 1.89 bits per heavy atom. The van der Waals surface area contributed by atoms with Gasteiger partial charge in [0.25, 0.3) is 5.91 Å². The third kappa shape index (κ3) is 7.80. The molecule has 2 N–H and O–H groups in total. The quantitative estimate of drug-likeness (QED) is 0.117. The summed E-state index contributed by atoms with van der Waals surface area (Å²) in [6.07, 6.45) is 3.12. The van der Waals surface area contributed by atoms with Crippen LogP contribution in [0, 0.1) is 31.6 Å². The van der Waals surface area contributed by atoms with Crippen LogP contribution in [-0.2, 0) is 33.4 Å². The highest BCUT2D eigenvalue weighted by Crippen LogP contribution is 2.61. The molecule has 0 radical (unpaired) electrons. The summed E-state index contributed by atoms with van der Waals surface area (Å²) in [6, 6.07) is 12.3. The Bertz CT molecular complexity index is 1710. The number of esters is 1. The van der Waals surface area contributed by atoms with Crippen molar-refractivity contribution in [3.63, 3.8) is 0 Å². The SMILES string of the molecule is C=CCCC(=O)N[C@@H](COC)[C@@H](OC(=O)[C@H]1[C@@H]2O[C@@]3(CC2Br)[C@@H]1C(=O)N([C@@H](CO)[C@@H](C)CC)[C@@H]3C(=O)N(CC=C)c1cc(C)ccc1C)c1ccccc1. The van der Waals surface area contributed by atoms with Crippen molar-refractivity contribution in [2.75, 3.05) is 31.8 Å². The number of halogens is 1. The number of amides is 3. The van der Waals surface area contributed by atoms with Gasteiger partial charge in [-0.25, -0.2) is 0 Å². The van der Waals surface area contributed by atoms with Gasteiger partial charge in [0.2, 0.25) is 11.8 Å². The second kappa shape index (κ2) is 17.7. The molecule has 5 rings (SSSR count). The monoisotopic (exact) mass is 807 g/mol. The number of aliphatic hydroxyl groups is 1. The molecule has 0 aliphatic carbocycles. The molecule has 11 nitrogen and oxygen atoms in total. The lowest BCUT2D eigenvalue weighted by Gasteiger charge is -2.41. The summed E-state index contributed by atoms with van der Waals surface area (Å²) in [5, 5.41) is 13.8. The number of nitrogens with zero attached hydrogens (tertiary/aromatic N) is 2. The lowest BCUT2D eigenvalue weighted by Crippen LogP contribution is -2.60. The first-order valence-corrected chi connectivity index (χ1v) is 19.7. The zero-order chi connectivity index (χ0) is 39.3. The molecule has 12 heteroatoms. The van der Waals surface area contributed by atoms with E-state index < -0.39 is 59.6 Å². The molecule has 1 spiro atoms. The molecule has 3 amide bonds. The fourth-order valence-corrected chi connectivity index (χ4v) is 9.45. The number of carbonyl (C=O) groups excluding carboxylic acids is 4. The van der Waals surface area contributed by atoms with Crippen LogP contribution in [0.1, 0.15) is 62.3 Å². The zero-order valence-corrected chi connectivity index (χ0v) is 33.5. The van der Waals surface area contributed by atoms with Crippen molar-refractivity contribution in [2.24, 2.45) is 17.8 Å². The molecule has 54 heavy (non-hydrogen) atoms. The van der Waals surface area contributed by atoms with E-state index in [4.69, 9.17) is 14.2 Å². The van der Waals surface area contributed by atoms with Gasteiger partial charge in [-0.1, -0.05) is 90.8 Å². The molecule has 3 saturated heterocycles. The number of allylic oxidation sites excluding steroid dienone is 1. The predicted molar refractivity (Wildman–Crippen MR) is 210 cm³/mol. The number of rotatable bonds is 18. The van der Waals surface area contributed by atoms with Crippen LogP contribution in [0.15, 0.2) is 73.8 Å². The number of anilines is 1. The lowest BCUT2D eigenvalue weighted by atomic mass is 9.70. The Kier molecular flexibility index (Phi) is 13.6. The summed E-state index contributed by atoms with van der Waals surface area (Å²) in [4.78, 5) is 60.7. The van der Waals surface area contributed by atoms with Gasteiger partial charge in [0.05, 0.1) is 43.2 Å². The standard InChI is InChI=1S/C42H54BrN3O8/c1-8-11-17-33(48)44-30(24-52-7)36(28-15-13-12-14-16-28)53-41(51)34-35-39(49)46(32(23-47)26(5)10-3)38(42(35)22-29(43)37(34)54-42)40(50)45(20-9-2)31-21-25(4)18-19-27(31)6/h8-9,12-16,18-19,21,26,29-30,32,34-38,47H,1-2,10-11,17,20,22-24H2,3-7H3,(H,44,48)/t26-,29?,30-,32-,34+,35-,36-,37+,38+,42-/m0/s1. The van der Waals surface area contributed by atoms with E-state index >= 15 is 9.59 Å². The number of ether oxygens (including phenoxy) is 3. The van der Waals surface area contributed by atoms with E-state index in [1.165, 1.54) is 12.0 Å². The van der Waals surface area contributed by atoms with E-state index in [1.54, 1.807) is 29.2 Å². The lowest BCUT2D eigenvalue weighted by molar-refractivity contribution is -0.163. The summed E-state index contributed by atoms with van der Waals surface area (Å²) in [5.41, 5.74) is 1.73. The average molecular weight is 809 g/mol. The molecule has 3 heterocycles. The Labute approximate surface area is 327 Å². The number of aryl methyl sites for hydroxylation is 2. The summed E-state index contributed by atoms with van der Waals surface area (Å²) < 4.78 is 18.7. The summed E-state index contributed by atoms with van der Waals surface area (Å²) in [7, 11) is 1.50. The highest BCUT2D eigenvalue weighted by molar-refractivity contribution is 9.09. The third-order valence-corrected chi connectivity index (χ3v) is 12.2. The number of methoxy groups -OCH3 is 1. The summed E-state index contributed by atoms with van der Waals surface area (Å²) in [5.74, 6) is -4.09. The van der Waals surface area contributed by atoms with Crippen LogP contribution < -0.4 is 10.2 Å². The van der Waals surface area contributed by atoms with Gasteiger partial charge in [0.1, 0.15) is 17.7 Å². The van der Waals surface area contributed by atoms with E-state index in [1.807, 2.05) is 64.1 Å². The number of likely N-dealkylation sites (tertiary alicyclic amines) is 1. The molecule has 3 aliphatic rings. The van der Waals surface area contributed by atoms with Crippen molar-refractivity contribution in [3.8, 4) is 0 Å². The van der Waals surface area contributed by atoms with Crippen LogP contribution in [0.3, 0.4) is 0 Å². The van der Waals surface area contributed by atoms with Crippen molar-refractivity contribution < 1.29 is 38.5 Å². The second-order valence-electron chi connectivity index (χ2n) is 14.8. The highest BCUT2D eigenvalue weighted by Gasteiger charge is 2.78. The third-order valence-electron chi connectivity index (χ3n) is 11.3. The topological polar surface area (TPSA) is 135 Å². The maximum absolute atomic E-state index is 15.2. The van der Waals surface area contributed by atoms with Gasteiger partial charge in [-0.05, 0) is 55.4 Å². The summed E-state index contributed by atoms with van der Waals surface area (Å²) >= 11 is 3.77. The van der Waals surface area contributed by atoms with Crippen LogP contribution in [0.25, 0.3) is 0 Å². The number of carbonyl (C=O) groups is 4. The van der Waals surface area contributed by atoms with Crippen molar-refractivity contribution in [3.05, 3.63) is 90.5 Å². The zero-order valence-electron chi connectivity index (χ0n) is 31.9. The normalized spacial score (nSPS) is 26.4. The minimum atomic E-state index is -1.40. The number of aliphatic hydroxyl groups excluding tert-OH is 1. The maximum atomic E-state index is 15.2. The number of fused-ring (bicyclic) bond motifs is 1. The largest absolute Gasteiger partial charge is 0.455 e. The fraction of sp³-hybridized carbons (Fsp3) is 0.524. The number of hydrogen-bond acceptors (Lipinski definition) is 8. The molecule has 0 saturated carbocycles. The molecule has 1 unspecified atom stereocenters. The van der Waals surface area contributed by atoms with Gasteiger partial charge < -0.3 is 34.4 Å². The Hall–Kier alpha value is -3.84. The second-order valence-corrected chi connectivity index (χ2v) is 16.0. The van der Waals surface area contributed by atoms with E-state index in [0.29, 0.717) is 24.1 Å². The van der Waals surface area contributed by atoms with Gasteiger partial charge in [-0.3, -0.25) is 19.2 Å². The van der Waals surface area contributed by atoms with Crippen LogP contribution in [-0.4, -0.2) is 95.2 Å². The minimum Gasteiger partial charge on any atom is -0.455 e. The molecule has 3 fully saturated rings. The van der Waals surface area contributed by atoms with Crippen molar-refractivity contribution >= 4 is 45.3 Å². The molecule has 3 aliphatic heterocycles. The molecule has 2 aromatic rings. The Morgan fingerprint density at radius 1 is 1.17 bits per heavy atom. The van der Waals surface area contributed by atoms with Gasteiger partial charge in [0, 0.05) is 30.6 Å². The van der Waals surface area contributed by atoms with Gasteiger partial charge in [0.15, 0.2) is 0 Å². The van der Waals surface area contributed by atoms with Crippen molar-refractivity contribution in [1.29, 1.82) is 0 Å². The Morgan fingerprint density at radius 3 is 2.52 bits per heavy atom. The number of hydrogen-bond donors (Lipinski definition) is 2. The number of alkyl halides is 1. The van der Waals surface area contributed by atoms with E-state index in [0.717, 1.165) is 11.1 Å². The maximum Gasteiger partial charge on any atom is 0.313 e. The number of nitrogens with one attached hydrogen (secondary N) is 1. The van der Waals surface area contributed by atoms with Crippen LogP contribution in [0.5, 0.6) is 0 Å². The van der Waals surface area contributed by atoms with E-state index in [9.17, 15) is 14.7 Å². The highest BCUT2D eigenvalue weighted by atomic mass is 79.9. The first-order valence-electron chi connectivity index (χ1n) is 18.8. The van der Waals surface area contributed by atoms with Crippen LogP contribution in [0.4, 0.5) is 5.69 Å². The van der Waals surface area contributed by atoms with E-state index in [2.05, 4.69) is 34.4 Å². The first-order chi connectivity index (χ1) is 25.9. The summed E-state index contributed by atoms with van der Waals surface area (Å²) in [6.45, 7) is 15.2. The van der Waals surface area contributed by atoms with Crippen molar-refractivity contribution in [1.82, 2.24) is 10.2 Å². The molecule has 2 bridgehead atoms. The first kappa shape index (κ1) is 41.3. The molecule has 10 atom stereocenters. The minimum absolute atomic E-state index is 0.0413. The fourth-order valence-electron chi connectivity index (χ4n) is 8.51. The average Bonchev–Trinajstić information content (AvgIpc) is 3.76. The molecule has 0 aromatic heterocycles. The predicted octanol–water partition coefficient (Wildman–Crippen LogP) is 5.36. The van der Waals surface area contributed by atoms with E-state index in [-0.39, 0.29) is 55.2 Å². The number of benzene rings is 2. The molecular weight excluding hydrogens is 754 g/mol. The Balaban J connectivity index is 1.59. The van der Waals surface area contributed by atoms with Crippen molar-refractivity contribution in [2.45, 2.75) is 94.1 Å².